The fraction of sp³-hybridized carbons (Fsp3) is 0.526. The second kappa shape index (κ2) is 8.33. The van der Waals surface area contributed by atoms with E-state index in [0.717, 1.165) is 38.4 Å². The highest BCUT2D eigenvalue weighted by atomic mass is 32.2. The lowest BCUT2D eigenvalue weighted by Gasteiger charge is -2.32. The van der Waals surface area contributed by atoms with Crippen molar-refractivity contribution < 1.29 is 13.2 Å². The molecule has 3 rings (SSSR count). The van der Waals surface area contributed by atoms with Gasteiger partial charge in [-0.05, 0) is 62.4 Å². The number of sulfonamides is 1. The predicted octanol–water partition coefficient (Wildman–Crippen LogP) is 1.76. The Morgan fingerprint density at radius 2 is 1.81 bits per heavy atom. The number of hydrogen-bond donors (Lipinski definition) is 2. The highest BCUT2D eigenvalue weighted by molar-refractivity contribution is 7.89. The van der Waals surface area contributed by atoms with Crippen molar-refractivity contribution in [2.75, 3.05) is 26.2 Å². The van der Waals surface area contributed by atoms with Crippen LogP contribution in [0.15, 0.2) is 41.8 Å². The van der Waals surface area contributed by atoms with Crippen molar-refractivity contribution in [1.29, 1.82) is 0 Å². The van der Waals surface area contributed by atoms with Crippen LogP contribution in [0, 0.1) is 5.92 Å². The number of benzene rings is 1. The van der Waals surface area contributed by atoms with Crippen LogP contribution < -0.4 is 10.0 Å². The number of nitrogens with zero attached hydrogens (tertiary/aromatic N) is 1. The molecule has 6 nitrogen and oxygen atoms in total. The van der Waals surface area contributed by atoms with Gasteiger partial charge in [0.05, 0.1) is 4.90 Å². The van der Waals surface area contributed by atoms with E-state index in [-0.39, 0.29) is 17.3 Å². The molecule has 1 aliphatic carbocycles. The Balaban J connectivity index is 1.54. The lowest BCUT2D eigenvalue weighted by molar-refractivity contribution is 0.0705. The van der Waals surface area contributed by atoms with Gasteiger partial charge in [-0.25, -0.2) is 13.1 Å². The number of carbonyl (C=O) groups is 1. The van der Waals surface area contributed by atoms with Crippen LogP contribution in [0.3, 0.4) is 0 Å². The third-order valence-corrected chi connectivity index (χ3v) is 6.44. The summed E-state index contributed by atoms with van der Waals surface area (Å²) < 4.78 is 26.5. The normalized spacial score (nSPS) is 18.7. The first-order valence-corrected chi connectivity index (χ1v) is 10.7. The van der Waals surface area contributed by atoms with Crippen molar-refractivity contribution in [3.8, 4) is 0 Å². The Kier molecular flexibility index (Phi) is 6.11. The van der Waals surface area contributed by atoms with Crippen LogP contribution in [0.2, 0.25) is 0 Å². The van der Waals surface area contributed by atoms with Gasteiger partial charge >= 0.3 is 0 Å². The number of rotatable bonds is 8. The van der Waals surface area contributed by atoms with Crippen molar-refractivity contribution in [3.63, 3.8) is 0 Å². The molecule has 1 aromatic rings. The third kappa shape index (κ3) is 4.93. The summed E-state index contributed by atoms with van der Waals surface area (Å²) in [6, 6.07) is 6.62. The molecule has 0 bridgehead atoms. The summed E-state index contributed by atoms with van der Waals surface area (Å²) >= 11 is 0. The molecule has 1 aromatic carbocycles. The van der Waals surface area contributed by atoms with Crippen LogP contribution in [0.5, 0.6) is 0 Å². The van der Waals surface area contributed by atoms with Crippen LogP contribution >= 0.6 is 0 Å². The Hall–Kier alpha value is -1.70. The van der Waals surface area contributed by atoms with Gasteiger partial charge in [-0.1, -0.05) is 6.08 Å². The maximum Gasteiger partial charge on any atom is 0.253 e. The zero-order chi connectivity index (χ0) is 18.6. The molecule has 1 saturated carbocycles. The third-order valence-electron chi connectivity index (χ3n) is 5.00. The lowest BCUT2D eigenvalue weighted by Crippen LogP contribution is -2.45. The number of carbonyl (C=O) groups excluding carboxylic acids is 1. The minimum absolute atomic E-state index is 0.0337. The van der Waals surface area contributed by atoms with E-state index in [2.05, 4.69) is 16.6 Å². The molecule has 1 saturated heterocycles. The van der Waals surface area contributed by atoms with E-state index in [9.17, 15) is 13.2 Å². The largest absolute Gasteiger partial charge is 0.339 e. The molecular formula is C19H27N3O3S. The van der Waals surface area contributed by atoms with E-state index in [0.29, 0.717) is 11.6 Å². The van der Waals surface area contributed by atoms with Crippen molar-refractivity contribution in [3.05, 3.63) is 42.5 Å². The Labute approximate surface area is 155 Å². The van der Waals surface area contributed by atoms with Gasteiger partial charge in [0, 0.05) is 31.2 Å². The molecule has 0 radical (unpaired) electrons. The molecule has 1 amide bonds. The van der Waals surface area contributed by atoms with Crippen LogP contribution in [-0.2, 0) is 10.0 Å². The van der Waals surface area contributed by atoms with E-state index in [1.54, 1.807) is 12.1 Å². The van der Waals surface area contributed by atoms with Crippen LogP contribution in [0.25, 0.3) is 0 Å². The van der Waals surface area contributed by atoms with Crippen LogP contribution in [0.4, 0.5) is 0 Å². The highest BCUT2D eigenvalue weighted by Gasteiger charge is 2.26. The molecule has 1 heterocycles. The van der Waals surface area contributed by atoms with Gasteiger partial charge in [-0.15, -0.1) is 6.58 Å². The van der Waals surface area contributed by atoms with Gasteiger partial charge < -0.3 is 10.2 Å². The lowest BCUT2D eigenvalue weighted by atomic mass is 10.0. The molecule has 0 atom stereocenters. The van der Waals surface area contributed by atoms with E-state index >= 15 is 0 Å². The van der Waals surface area contributed by atoms with Crippen molar-refractivity contribution in [2.24, 2.45) is 5.92 Å². The molecule has 2 N–H and O–H groups in total. The van der Waals surface area contributed by atoms with E-state index in [1.807, 2.05) is 4.90 Å². The molecule has 1 aliphatic heterocycles. The maximum absolute atomic E-state index is 12.6. The van der Waals surface area contributed by atoms with Crippen molar-refractivity contribution in [2.45, 2.75) is 36.6 Å². The van der Waals surface area contributed by atoms with Crippen LogP contribution in [-0.4, -0.2) is 51.4 Å². The molecule has 26 heavy (non-hydrogen) atoms. The number of hydrogen-bond acceptors (Lipinski definition) is 4. The molecule has 2 fully saturated rings. The fourth-order valence-electron chi connectivity index (χ4n) is 3.15. The monoisotopic (exact) mass is 377 g/mol. The maximum atomic E-state index is 12.6. The van der Waals surface area contributed by atoms with Gasteiger partial charge in [0.25, 0.3) is 5.91 Å². The average molecular weight is 378 g/mol. The number of likely N-dealkylation sites (tertiary alicyclic amines) is 1. The molecule has 0 spiro atoms. The molecule has 7 heteroatoms. The quantitative estimate of drug-likeness (QED) is 0.677. The molecule has 0 unspecified atom stereocenters. The summed E-state index contributed by atoms with van der Waals surface area (Å²) in [6.07, 6.45) is 6.11. The first-order chi connectivity index (χ1) is 12.5. The van der Waals surface area contributed by atoms with Crippen LogP contribution in [0.1, 0.15) is 36.0 Å². The summed E-state index contributed by atoms with van der Waals surface area (Å²) in [5.41, 5.74) is 0.525. The molecule has 2 aliphatic rings. The smallest absolute Gasteiger partial charge is 0.253 e. The Morgan fingerprint density at radius 1 is 1.15 bits per heavy atom. The molecule has 142 valence electrons. The van der Waals surface area contributed by atoms with Crippen molar-refractivity contribution in [1.82, 2.24) is 14.9 Å². The second-order valence-corrected chi connectivity index (χ2v) is 8.85. The Bertz CT molecular complexity index is 734. The Morgan fingerprint density at radius 3 is 2.38 bits per heavy atom. The molecule has 0 aromatic heterocycles. The first kappa shape index (κ1) is 19.1. The summed E-state index contributed by atoms with van der Waals surface area (Å²) in [4.78, 5) is 14.7. The van der Waals surface area contributed by atoms with Crippen molar-refractivity contribution >= 4 is 15.9 Å². The SMILES string of the molecule is C=CCNS(=O)(=O)c1ccc(C(=O)N2CCC(NCC3CC3)CC2)cc1. The van der Waals surface area contributed by atoms with E-state index in [4.69, 9.17) is 0 Å². The minimum Gasteiger partial charge on any atom is -0.339 e. The zero-order valence-electron chi connectivity index (χ0n) is 15.0. The van der Waals surface area contributed by atoms with E-state index < -0.39 is 10.0 Å². The summed E-state index contributed by atoms with van der Waals surface area (Å²) in [7, 11) is -3.56. The molecular weight excluding hydrogens is 350 g/mol. The number of amides is 1. The van der Waals surface area contributed by atoms with Gasteiger partial charge in [-0.2, -0.15) is 0 Å². The minimum atomic E-state index is -3.56. The second-order valence-electron chi connectivity index (χ2n) is 7.08. The predicted molar refractivity (Wildman–Crippen MR) is 101 cm³/mol. The number of nitrogens with one attached hydrogen (secondary N) is 2. The summed E-state index contributed by atoms with van der Waals surface area (Å²) in [6.45, 7) is 6.25. The highest BCUT2D eigenvalue weighted by Crippen LogP contribution is 2.28. The van der Waals surface area contributed by atoms with Gasteiger partial charge in [0.1, 0.15) is 0 Å². The summed E-state index contributed by atoms with van der Waals surface area (Å²) in [5.74, 6) is 0.832. The van der Waals surface area contributed by atoms with Gasteiger partial charge in [-0.3, -0.25) is 4.79 Å². The number of piperidine rings is 1. The zero-order valence-corrected chi connectivity index (χ0v) is 15.8. The first-order valence-electron chi connectivity index (χ1n) is 9.23. The average Bonchev–Trinajstić information content (AvgIpc) is 3.49. The topological polar surface area (TPSA) is 78.5 Å². The van der Waals surface area contributed by atoms with Gasteiger partial charge in [0.15, 0.2) is 0 Å². The van der Waals surface area contributed by atoms with E-state index in [1.165, 1.54) is 31.1 Å². The fourth-order valence-corrected chi connectivity index (χ4v) is 4.15. The summed E-state index contributed by atoms with van der Waals surface area (Å²) in [5, 5.41) is 3.60. The van der Waals surface area contributed by atoms with Gasteiger partial charge in [0.2, 0.25) is 10.0 Å². The standard InChI is InChI=1S/C19H27N3O3S/c1-2-11-21-26(24,25)18-7-5-16(6-8-18)19(23)22-12-9-17(10-13-22)20-14-15-3-4-15/h2,5-8,15,17,20-21H,1,3-4,9-14H2.